The smallest absolute Gasteiger partial charge is 0.255 e. The van der Waals surface area contributed by atoms with E-state index in [1.165, 1.54) is 13.0 Å². The van der Waals surface area contributed by atoms with Gasteiger partial charge in [0, 0.05) is 26.2 Å². The third kappa shape index (κ3) is 10.2. The number of nitrogens with zero attached hydrogens (tertiary/aromatic N) is 1. The van der Waals surface area contributed by atoms with Crippen LogP contribution in [-0.4, -0.2) is 116 Å². The normalized spacial score (nSPS) is 25.6. The number of carbonyl (C=O) groups excluding carboxylic acids is 5. The van der Waals surface area contributed by atoms with Gasteiger partial charge in [0.15, 0.2) is 0 Å². The molecule has 0 radical (unpaired) electrons. The van der Waals surface area contributed by atoms with Crippen LogP contribution in [0, 0.1) is 5.92 Å². The van der Waals surface area contributed by atoms with Gasteiger partial charge in [0.05, 0.1) is 37.3 Å². The van der Waals surface area contributed by atoms with Crippen molar-refractivity contribution in [1.82, 2.24) is 31.5 Å². The number of ether oxygens (including phenoxy) is 2. The van der Waals surface area contributed by atoms with Crippen LogP contribution < -0.4 is 31.3 Å². The molecule has 2 heterocycles. The molecule has 0 saturated carbocycles. The maximum atomic E-state index is 13.4. The van der Waals surface area contributed by atoms with Crippen LogP contribution in [-0.2, 0) is 23.9 Å². The van der Waals surface area contributed by atoms with Gasteiger partial charge >= 0.3 is 0 Å². The number of rotatable bonds is 6. The molecule has 0 aliphatic carbocycles. The monoisotopic (exact) mass is 604 g/mol. The lowest BCUT2D eigenvalue weighted by atomic mass is 10.0. The lowest BCUT2D eigenvalue weighted by Gasteiger charge is -2.28. The fraction of sp³-hybridized carbons (Fsp3) is 0.621. The van der Waals surface area contributed by atoms with E-state index in [1.807, 2.05) is 0 Å². The van der Waals surface area contributed by atoms with Crippen molar-refractivity contribution in [1.29, 1.82) is 0 Å². The fourth-order valence-corrected chi connectivity index (χ4v) is 4.70. The van der Waals surface area contributed by atoms with Crippen molar-refractivity contribution in [3.05, 3.63) is 29.8 Å². The van der Waals surface area contributed by atoms with E-state index in [2.05, 4.69) is 31.5 Å². The summed E-state index contributed by atoms with van der Waals surface area (Å²) in [5.41, 5.74) is 0.135. The molecule has 2 aliphatic heterocycles. The summed E-state index contributed by atoms with van der Waals surface area (Å²) in [4.78, 5) is 68.1. The molecule has 1 saturated heterocycles. The molecule has 1 fully saturated rings. The van der Waals surface area contributed by atoms with Crippen molar-refractivity contribution in [2.75, 3.05) is 46.0 Å². The lowest BCUT2D eigenvalue weighted by molar-refractivity contribution is -0.135. The van der Waals surface area contributed by atoms with Crippen molar-refractivity contribution in [3.63, 3.8) is 0 Å². The molecule has 3 rings (SSSR count). The number of hydrogen-bond acceptors (Lipinski definition) is 9. The zero-order valence-electron chi connectivity index (χ0n) is 25.2. The summed E-state index contributed by atoms with van der Waals surface area (Å²) in [6.07, 6.45) is -1.84. The summed E-state index contributed by atoms with van der Waals surface area (Å²) in [6, 6.07) is 2.24. The molecule has 1 aromatic carbocycles. The van der Waals surface area contributed by atoms with E-state index < -0.39 is 66.2 Å². The van der Waals surface area contributed by atoms with Crippen LogP contribution in [0.3, 0.4) is 0 Å². The first-order chi connectivity index (χ1) is 20.5. The first kappa shape index (κ1) is 33.7. The first-order valence-electron chi connectivity index (χ1n) is 14.6. The molecular formula is C29H44N6O8. The summed E-state index contributed by atoms with van der Waals surface area (Å²) in [5.74, 6) is -3.34. The number of aliphatic hydroxyl groups excluding tert-OH is 1. The predicted octanol–water partition coefficient (Wildman–Crippen LogP) is -1.47. The van der Waals surface area contributed by atoms with Gasteiger partial charge in [-0.3, -0.25) is 28.9 Å². The molecule has 0 aromatic heterocycles. The minimum Gasteiger partial charge on any atom is -0.491 e. The van der Waals surface area contributed by atoms with Gasteiger partial charge in [-0.2, -0.15) is 0 Å². The van der Waals surface area contributed by atoms with E-state index >= 15 is 0 Å². The van der Waals surface area contributed by atoms with Gasteiger partial charge in [-0.05, 0) is 31.9 Å². The van der Waals surface area contributed by atoms with E-state index in [4.69, 9.17) is 9.47 Å². The second-order valence-electron chi connectivity index (χ2n) is 11.2. The largest absolute Gasteiger partial charge is 0.491 e. The zero-order chi connectivity index (χ0) is 31.5. The Balaban J connectivity index is 1.87. The zero-order valence-corrected chi connectivity index (χ0v) is 25.2. The van der Waals surface area contributed by atoms with E-state index in [0.717, 1.165) is 13.1 Å². The molecule has 14 heteroatoms. The number of aliphatic hydroxyl groups is 1. The Morgan fingerprint density at radius 1 is 1.00 bits per heavy atom. The minimum absolute atomic E-state index is 0.0105. The quantitative estimate of drug-likeness (QED) is 0.225. The highest BCUT2D eigenvalue weighted by atomic mass is 16.5. The van der Waals surface area contributed by atoms with E-state index in [0.29, 0.717) is 19.8 Å². The van der Waals surface area contributed by atoms with Crippen LogP contribution >= 0.6 is 0 Å². The first-order valence-corrected chi connectivity index (χ1v) is 14.6. The third-order valence-electron chi connectivity index (χ3n) is 7.18. The van der Waals surface area contributed by atoms with Crippen LogP contribution in [0.5, 0.6) is 5.75 Å². The third-order valence-corrected chi connectivity index (χ3v) is 7.18. The van der Waals surface area contributed by atoms with Gasteiger partial charge in [-0.15, -0.1) is 0 Å². The number of amides is 5. The van der Waals surface area contributed by atoms with E-state index in [1.54, 1.807) is 39.0 Å². The number of benzene rings is 1. The SMILES string of the molecule is CC(C)[C@H]1NC(=O)[C@H]([C@@H](C)O)NC(=O)C[C@@H](C(=O)NCCN2CCOCC2)NC(=O)c2ccccc2OC[C@H](C)NC1=O. The van der Waals surface area contributed by atoms with Gasteiger partial charge in [0.2, 0.25) is 23.6 Å². The summed E-state index contributed by atoms with van der Waals surface area (Å²) < 4.78 is 11.2. The minimum atomic E-state index is -1.42. The molecule has 43 heavy (non-hydrogen) atoms. The Kier molecular flexibility index (Phi) is 12.7. The molecule has 2 aliphatic rings. The van der Waals surface area contributed by atoms with Crippen molar-refractivity contribution in [2.24, 2.45) is 5.92 Å². The molecule has 5 amide bonds. The summed E-state index contributed by atoms with van der Waals surface area (Å²) in [6.45, 7) is 10.1. The molecule has 14 nitrogen and oxygen atoms in total. The van der Waals surface area contributed by atoms with Gasteiger partial charge < -0.3 is 41.2 Å². The van der Waals surface area contributed by atoms with Gasteiger partial charge in [0.25, 0.3) is 5.91 Å². The Morgan fingerprint density at radius 2 is 1.67 bits per heavy atom. The number of fused-ring (bicyclic) bond motifs is 1. The van der Waals surface area contributed by atoms with Crippen molar-refractivity contribution < 1.29 is 38.6 Å². The van der Waals surface area contributed by atoms with Gasteiger partial charge in [-0.25, -0.2) is 0 Å². The molecule has 0 unspecified atom stereocenters. The lowest BCUT2D eigenvalue weighted by Crippen LogP contribution is -2.59. The molecule has 1 aromatic rings. The maximum Gasteiger partial charge on any atom is 0.255 e. The highest BCUT2D eigenvalue weighted by molar-refractivity contribution is 6.01. The highest BCUT2D eigenvalue weighted by Gasteiger charge is 2.33. The fourth-order valence-electron chi connectivity index (χ4n) is 4.70. The standard InChI is InChI=1S/C29H44N6O8/c1-17(2)24-28(40)31-18(3)16-43-22-8-6-5-7-20(22)26(38)32-21(15-23(37)33-25(19(4)36)29(41)34-24)27(39)30-9-10-35-11-13-42-14-12-35/h5-8,17-19,21,24-25,36H,9-16H2,1-4H3,(H,30,39)(H,31,40)(H,32,38)(H,33,37)(H,34,41)/t18-,19+,21-,24+,25-/m0/s1. The van der Waals surface area contributed by atoms with Crippen molar-refractivity contribution in [3.8, 4) is 5.75 Å². The van der Waals surface area contributed by atoms with Crippen LogP contribution in [0.4, 0.5) is 0 Å². The summed E-state index contributed by atoms with van der Waals surface area (Å²) in [7, 11) is 0. The number of nitrogens with one attached hydrogen (secondary N) is 5. The van der Waals surface area contributed by atoms with Crippen LogP contribution in [0.15, 0.2) is 24.3 Å². The molecule has 0 bridgehead atoms. The van der Waals surface area contributed by atoms with Crippen LogP contribution in [0.2, 0.25) is 0 Å². The van der Waals surface area contributed by atoms with Crippen LogP contribution in [0.25, 0.3) is 0 Å². The second kappa shape index (κ2) is 16.2. The van der Waals surface area contributed by atoms with Crippen LogP contribution in [0.1, 0.15) is 44.5 Å². The average Bonchev–Trinajstić information content (AvgIpc) is 2.96. The van der Waals surface area contributed by atoms with E-state index in [9.17, 15) is 29.1 Å². The Labute approximate surface area is 251 Å². The number of morpholine rings is 1. The molecular weight excluding hydrogens is 560 g/mol. The highest BCUT2D eigenvalue weighted by Crippen LogP contribution is 2.19. The van der Waals surface area contributed by atoms with Gasteiger partial charge in [0.1, 0.15) is 30.5 Å². The molecule has 6 N–H and O–H groups in total. The Morgan fingerprint density at radius 3 is 2.35 bits per heavy atom. The summed E-state index contributed by atoms with van der Waals surface area (Å²) >= 11 is 0. The van der Waals surface area contributed by atoms with E-state index in [-0.39, 0.29) is 30.4 Å². The number of para-hydroxylation sites is 1. The molecule has 5 atom stereocenters. The molecule has 238 valence electrons. The maximum absolute atomic E-state index is 13.4. The van der Waals surface area contributed by atoms with Crippen molar-refractivity contribution in [2.45, 2.75) is 64.4 Å². The Bertz CT molecular complexity index is 1140. The number of carbonyl (C=O) groups is 5. The predicted molar refractivity (Wildman–Crippen MR) is 156 cm³/mol. The number of hydrogen-bond donors (Lipinski definition) is 6. The Hall–Kier alpha value is -3.75. The van der Waals surface area contributed by atoms with Gasteiger partial charge in [-0.1, -0.05) is 26.0 Å². The topological polar surface area (TPSA) is 187 Å². The average molecular weight is 605 g/mol. The summed E-state index contributed by atoms with van der Waals surface area (Å²) in [5, 5.41) is 23.6. The van der Waals surface area contributed by atoms with Crippen molar-refractivity contribution >= 4 is 29.5 Å². The second-order valence-corrected chi connectivity index (χ2v) is 11.2. The molecule has 0 spiro atoms.